The largest absolute Gasteiger partial charge is 0.375 e. The highest BCUT2D eigenvalue weighted by Crippen LogP contribution is 2.22. The van der Waals surface area contributed by atoms with E-state index in [1.807, 2.05) is 19.1 Å². The first-order valence-electron chi connectivity index (χ1n) is 5.68. The molecule has 0 aliphatic heterocycles. The molecule has 4 heteroatoms. The number of hydrogen-bond donors (Lipinski definition) is 1. The van der Waals surface area contributed by atoms with Crippen molar-refractivity contribution in [3.63, 3.8) is 0 Å². The molecule has 0 atom stereocenters. The van der Waals surface area contributed by atoms with Crippen LogP contribution in [0.15, 0.2) is 30.5 Å². The van der Waals surface area contributed by atoms with Gasteiger partial charge in [0.25, 0.3) is 0 Å². The summed E-state index contributed by atoms with van der Waals surface area (Å²) in [6.45, 7) is 3.83. The average Bonchev–Trinajstić information content (AvgIpc) is 2.36. The van der Waals surface area contributed by atoms with Crippen molar-refractivity contribution in [3.8, 4) is 0 Å². The van der Waals surface area contributed by atoms with Gasteiger partial charge in [-0.2, -0.15) is 0 Å². The van der Waals surface area contributed by atoms with Gasteiger partial charge in [-0.15, -0.1) is 0 Å². The first kappa shape index (κ1) is 12.5. The van der Waals surface area contributed by atoms with Gasteiger partial charge in [0, 0.05) is 6.20 Å². The molecule has 0 aliphatic carbocycles. The molecular weight excluding hydrogens is 234 g/mol. The molecule has 0 spiro atoms. The number of hydrogen-bond acceptors (Lipinski definition) is 2. The van der Waals surface area contributed by atoms with E-state index in [1.165, 1.54) is 12.1 Å². The number of anilines is 1. The number of nitrogens with one attached hydrogen (secondary N) is 1. The van der Waals surface area contributed by atoms with Crippen molar-refractivity contribution >= 4 is 5.69 Å². The Morgan fingerprint density at radius 1 is 1.11 bits per heavy atom. The molecule has 2 aromatic rings. The molecule has 0 aliphatic rings. The third-order valence-electron chi connectivity index (χ3n) is 2.70. The minimum absolute atomic E-state index is 0.0997. The van der Waals surface area contributed by atoms with Crippen molar-refractivity contribution in [2.75, 3.05) is 5.32 Å². The summed E-state index contributed by atoms with van der Waals surface area (Å²) < 4.78 is 27.2. The molecule has 0 saturated carbocycles. The van der Waals surface area contributed by atoms with Gasteiger partial charge in [-0.1, -0.05) is 12.1 Å². The Labute approximate surface area is 105 Å². The van der Waals surface area contributed by atoms with Crippen molar-refractivity contribution in [1.82, 2.24) is 4.98 Å². The Bertz CT molecular complexity index is 550. The third-order valence-corrected chi connectivity index (χ3v) is 2.70. The fourth-order valence-electron chi connectivity index (χ4n) is 1.60. The second-order valence-corrected chi connectivity index (χ2v) is 4.23. The van der Waals surface area contributed by atoms with Gasteiger partial charge in [0.05, 0.1) is 12.2 Å². The molecule has 2 rings (SSSR count). The van der Waals surface area contributed by atoms with Crippen molar-refractivity contribution in [2.24, 2.45) is 0 Å². The van der Waals surface area contributed by atoms with Crippen LogP contribution < -0.4 is 5.32 Å². The highest BCUT2D eigenvalue weighted by atomic mass is 19.1. The van der Waals surface area contributed by atoms with Gasteiger partial charge in [0.15, 0.2) is 5.82 Å². The highest BCUT2D eigenvalue weighted by Gasteiger charge is 2.10. The Morgan fingerprint density at radius 2 is 1.89 bits per heavy atom. The second kappa shape index (κ2) is 5.12. The molecule has 1 aromatic heterocycles. The molecule has 0 bridgehead atoms. The zero-order valence-electron chi connectivity index (χ0n) is 10.3. The molecule has 0 radical (unpaired) electrons. The Kier molecular flexibility index (Phi) is 3.55. The predicted octanol–water partition coefficient (Wildman–Crippen LogP) is 3.59. The summed E-state index contributed by atoms with van der Waals surface area (Å²) in [7, 11) is 0. The maximum absolute atomic E-state index is 13.7. The minimum Gasteiger partial charge on any atom is -0.375 e. The van der Waals surface area contributed by atoms with E-state index in [1.54, 1.807) is 13.1 Å². The van der Waals surface area contributed by atoms with Crippen molar-refractivity contribution in [2.45, 2.75) is 20.4 Å². The summed E-state index contributed by atoms with van der Waals surface area (Å²) >= 11 is 0. The number of aromatic nitrogens is 1. The number of benzene rings is 1. The number of nitrogens with zero attached hydrogens (tertiary/aromatic N) is 1. The van der Waals surface area contributed by atoms with Crippen LogP contribution in [0.25, 0.3) is 0 Å². The lowest BCUT2D eigenvalue weighted by molar-refractivity contribution is 0.582. The van der Waals surface area contributed by atoms with E-state index < -0.39 is 11.6 Å². The minimum atomic E-state index is -0.592. The zero-order valence-corrected chi connectivity index (χ0v) is 10.3. The van der Waals surface area contributed by atoms with Gasteiger partial charge in [-0.05, 0) is 37.1 Å². The second-order valence-electron chi connectivity index (χ2n) is 4.23. The molecular formula is C14H14F2N2. The summed E-state index contributed by atoms with van der Waals surface area (Å²) in [6, 6.07) is 6.41. The third kappa shape index (κ3) is 2.64. The van der Waals surface area contributed by atoms with Gasteiger partial charge in [-0.3, -0.25) is 4.98 Å². The van der Waals surface area contributed by atoms with Crippen LogP contribution in [-0.2, 0) is 6.54 Å². The lowest BCUT2D eigenvalue weighted by Crippen LogP contribution is -2.06. The molecule has 0 unspecified atom stereocenters. The fourth-order valence-corrected chi connectivity index (χ4v) is 1.60. The number of pyridine rings is 1. The van der Waals surface area contributed by atoms with Crippen LogP contribution in [0.1, 0.15) is 16.8 Å². The molecule has 2 nitrogen and oxygen atoms in total. The molecule has 0 saturated heterocycles. The lowest BCUT2D eigenvalue weighted by Gasteiger charge is -2.10. The van der Waals surface area contributed by atoms with Crippen molar-refractivity contribution in [1.29, 1.82) is 0 Å². The molecule has 18 heavy (non-hydrogen) atoms. The van der Waals surface area contributed by atoms with E-state index >= 15 is 0 Å². The van der Waals surface area contributed by atoms with Crippen LogP contribution >= 0.6 is 0 Å². The monoisotopic (exact) mass is 248 g/mol. The van der Waals surface area contributed by atoms with Crippen molar-refractivity contribution < 1.29 is 8.78 Å². The molecule has 1 aromatic carbocycles. The van der Waals surface area contributed by atoms with E-state index in [0.717, 1.165) is 11.3 Å². The summed E-state index contributed by atoms with van der Waals surface area (Å²) in [5, 5.41) is 2.75. The van der Waals surface area contributed by atoms with Crippen LogP contribution in [0.5, 0.6) is 0 Å². The normalized spacial score (nSPS) is 10.4. The molecule has 0 amide bonds. The number of halogens is 2. The van der Waals surface area contributed by atoms with E-state index in [9.17, 15) is 8.78 Å². The number of rotatable bonds is 3. The van der Waals surface area contributed by atoms with E-state index in [4.69, 9.17) is 0 Å². The molecule has 1 heterocycles. The molecule has 0 fully saturated rings. The van der Waals surface area contributed by atoms with Gasteiger partial charge in [-0.25, -0.2) is 8.78 Å². The predicted molar refractivity (Wildman–Crippen MR) is 67.4 cm³/mol. The Morgan fingerprint density at radius 3 is 2.56 bits per heavy atom. The van der Waals surface area contributed by atoms with Crippen LogP contribution in [0.2, 0.25) is 0 Å². The lowest BCUT2D eigenvalue weighted by atomic mass is 10.2. The average molecular weight is 248 g/mol. The van der Waals surface area contributed by atoms with Crippen LogP contribution in [0.3, 0.4) is 0 Å². The summed E-state index contributed by atoms with van der Waals surface area (Å²) in [5.41, 5.74) is 2.10. The SMILES string of the molecule is Cc1ccc(CNc2c(F)ccc(C)c2F)nc1. The summed E-state index contributed by atoms with van der Waals surface area (Å²) in [5.74, 6) is -1.15. The fraction of sp³-hybridized carbons (Fsp3) is 0.214. The maximum atomic E-state index is 13.7. The smallest absolute Gasteiger partial charge is 0.152 e. The molecule has 1 N–H and O–H groups in total. The molecule has 94 valence electrons. The zero-order chi connectivity index (χ0) is 13.1. The summed E-state index contributed by atoms with van der Waals surface area (Å²) in [4.78, 5) is 4.17. The first-order chi connectivity index (χ1) is 8.58. The van der Waals surface area contributed by atoms with Gasteiger partial charge in [0.2, 0.25) is 0 Å². The van der Waals surface area contributed by atoms with Gasteiger partial charge >= 0.3 is 0 Å². The Balaban J connectivity index is 2.15. The van der Waals surface area contributed by atoms with Crippen LogP contribution in [-0.4, -0.2) is 4.98 Å². The van der Waals surface area contributed by atoms with Crippen molar-refractivity contribution in [3.05, 3.63) is 58.9 Å². The van der Waals surface area contributed by atoms with E-state index in [2.05, 4.69) is 10.3 Å². The topological polar surface area (TPSA) is 24.9 Å². The van der Waals surface area contributed by atoms with Crippen LogP contribution in [0.4, 0.5) is 14.5 Å². The highest BCUT2D eigenvalue weighted by molar-refractivity contribution is 5.49. The van der Waals surface area contributed by atoms with Gasteiger partial charge < -0.3 is 5.32 Å². The first-order valence-corrected chi connectivity index (χ1v) is 5.68. The maximum Gasteiger partial charge on any atom is 0.152 e. The van der Waals surface area contributed by atoms with E-state index in [0.29, 0.717) is 5.56 Å². The van der Waals surface area contributed by atoms with Gasteiger partial charge in [0.1, 0.15) is 11.5 Å². The van der Waals surface area contributed by atoms with E-state index in [-0.39, 0.29) is 12.2 Å². The number of aryl methyl sites for hydroxylation is 2. The Hall–Kier alpha value is -1.97. The van der Waals surface area contributed by atoms with Crippen LogP contribution in [0, 0.1) is 25.5 Å². The summed E-state index contributed by atoms with van der Waals surface area (Å²) in [6.07, 6.45) is 1.72. The standard InChI is InChI=1S/C14H14F2N2/c1-9-3-5-11(17-7-9)8-18-14-12(15)6-4-10(2)13(14)16/h3-7,18H,8H2,1-2H3. The quantitative estimate of drug-likeness (QED) is 0.897.